The predicted molar refractivity (Wildman–Crippen MR) is 68.9 cm³/mol. The van der Waals surface area contributed by atoms with Crippen molar-refractivity contribution in [2.45, 2.75) is 6.42 Å². The van der Waals surface area contributed by atoms with E-state index in [1.165, 1.54) is 10.9 Å². The van der Waals surface area contributed by atoms with E-state index >= 15 is 0 Å². The maximum Gasteiger partial charge on any atom is 0.304 e. The number of fused-ring (bicyclic) bond motifs is 1. The smallest absolute Gasteiger partial charge is 0.304 e. The number of hydrogen-bond donors (Lipinski definition) is 2. The van der Waals surface area contributed by atoms with Crippen LogP contribution in [0.25, 0.3) is 10.9 Å². The Morgan fingerprint density at radius 1 is 1.38 bits per heavy atom. The molecule has 2 N–H and O–H groups in total. The molecule has 0 aliphatic carbocycles. The first-order valence-corrected chi connectivity index (χ1v) is 6.36. The van der Waals surface area contributed by atoms with Gasteiger partial charge in [0.05, 0.1) is 6.42 Å². The van der Waals surface area contributed by atoms with E-state index in [1.807, 2.05) is 24.6 Å². The number of hydrogen-bond acceptors (Lipinski definition) is 2. The van der Waals surface area contributed by atoms with Crippen LogP contribution >= 0.6 is 11.8 Å². The normalized spacial score (nSPS) is 9.56. The summed E-state index contributed by atoms with van der Waals surface area (Å²) in [4.78, 5) is 12.9. The lowest BCUT2D eigenvalue weighted by molar-refractivity contribution is -0.136. The van der Waals surface area contributed by atoms with Crippen molar-refractivity contribution in [2.24, 2.45) is 0 Å². The molecule has 0 fully saturated rings. The zero-order chi connectivity index (χ0) is 11.8. The minimum atomic E-state index is -0.714. The minimum absolute atomic E-state index is 0.279. The van der Waals surface area contributed by atoms with Gasteiger partial charge in [-0.15, -0.1) is 0 Å². The summed E-state index contributed by atoms with van der Waals surface area (Å²) in [7, 11) is 0. The average molecular weight is 237 g/mol. The number of H-pyrrole nitrogens is 1. The van der Waals surface area contributed by atoms with Crippen LogP contribution in [0.5, 0.6) is 0 Å². The van der Waals surface area contributed by atoms with Crippen molar-refractivity contribution < 1.29 is 9.90 Å². The van der Waals surface area contributed by atoms with Gasteiger partial charge in [-0.3, -0.25) is 4.79 Å². The van der Waals surface area contributed by atoms with Crippen LogP contribution in [0.2, 0.25) is 0 Å². The fraction of sp³-hybridized carbons (Fsp3) is 0.250. The maximum atomic E-state index is 9.74. The monoisotopic (exact) mass is 237 g/mol. The van der Waals surface area contributed by atoms with Crippen molar-refractivity contribution in [1.29, 1.82) is 0 Å². The van der Waals surface area contributed by atoms with Crippen molar-refractivity contribution in [3.8, 4) is 0 Å². The highest BCUT2D eigenvalue weighted by molar-refractivity contribution is 7.98. The predicted octanol–water partition coefficient (Wildman–Crippen LogP) is 2.99. The zero-order valence-corrected chi connectivity index (χ0v) is 9.96. The van der Waals surface area contributed by atoms with Gasteiger partial charge in [0.2, 0.25) is 0 Å². The molecule has 0 spiro atoms. The molecule has 0 unspecified atom stereocenters. The lowest BCUT2D eigenvalue weighted by atomic mass is 10.3. The molecule has 1 heterocycles. The van der Waals surface area contributed by atoms with E-state index in [4.69, 9.17) is 5.11 Å². The number of carboxylic acid groups (broad SMARTS) is 1. The molecule has 16 heavy (non-hydrogen) atoms. The van der Waals surface area contributed by atoms with Gasteiger partial charge >= 0.3 is 5.97 Å². The Balaban J connectivity index is 0.000000168. The van der Waals surface area contributed by atoms with Gasteiger partial charge in [-0.05, 0) is 23.8 Å². The number of carboxylic acids is 1. The fourth-order valence-corrected chi connectivity index (χ4v) is 1.56. The van der Waals surface area contributed by atoms with Crippen LogP contribution in [0.1, 0.15) is 6.42 Å². The van der Waals surface area contributed by atoms with Crippen molar-refractivity contribution in [3.05, 3.63) is 36.5 Å². The summed E-state index contributed by atoms with van der Waals surface area (Å²) in [5, 5.41) is 9.31. The quantitative estimate of drug-likeness (QED) is 0.862. The molecule has 0 bridgehead atoms. The van der Waals surface area contributed by atoms with Crippen molar-refractivity contribution in [2.75, 3.05) is 12.0 Å². The summed E-state index contributed by atoms with van der Waals surface area (Å²) < 4.78 is 0. The van der Waals surface area contributed by atoms with Gasteiger partial charge in [0.1, 0.15) is 0 Å². The topological polar surface area (TPSA) is 53.1 Å². The molecule has 0 saturated heterocycles. The zero-order valence-electron chi connectivity index (χ0n) is 9.14. The molecule has 0 aliphatic heterocycles. The molecular formula is C12H15NO2S. The molecule has 0 saturated carbocycles. The van der Waals surface area contributed by atoms with Crippen LogP contribution in [0.15, 0.2) is 36.5 Å². The van der Waals surface area contributed by atoms with Crippen molar-refractivity contribution in [3.63, 3.8) is 0 Å². The molecule has 1 aromatic carbocycles. The van der Waals surface area contributed by atoms with Crippen LogP contribution in [0.3, 0.4) is 0 Å². The summed E-state index contributed by atoms with van der Waals surface area (Å²) in [5.74, 6) is 0.00403. The van der Waals surface area contributed by atoms with Gasteiger partial charge in [0, 0.05) is 17.5 Å². The Hall–Kier alpha value is -1.42. The number of benzene rings is 1. The summed E-state index contributed by atoms with van der Waals surface area (Å²) >= 11 is 1.55. The Labute approximate surface area is 98.9 Å². The van der Waals surface area contributed by atoms with E-state index in [2.05, 4.69) is 23.2 Å². The number of rotatable bonds is 3. The van der Waals surface area contributed by atoms with E-state index in [0.29, 0.717) is 0 Å². The summed E-state index contributed by atoms with van der Waals surface area (Å²) in [6, 6.07) is 10.3. The second-order valence-electron chi connectivity index (χ2n) is 3.20. The SMILES string of the molecule is CSCCC(=O)O.c1ccc2[nH]ccc2c1. The molecule has 4 heteroatoms. The van der Waals surface area contributed by atoms with E-state index < -0.39 is 5.97 Å². The van der Waals surface area contributed by atoms with Crippen LogP contribution in [0.4, 0.5) is 0 Å². The van der Waals surface area contributed by atoms with Gasteiger partial charge in [-0.1, -0.05) is 18.2 Å². The van der Waals surface area contributed by atoms with Gasteiger partial charge in [-0.25, -0.2) is 0 Å². The molecule has 0 radical (unpaired) electrons. The molecule has 2 aromatic rings. The molecule has 3 nitrogen and oxygen atoms in total. The number of para-hydroxylation sites is 1. The Kier molecular flexibility index (Phi) is 5.50. The lowest BCUT2D eigenvalue weighted by Crippen LogP contribution is -1.94. The summed E-state index contributed by atoms with van der Waals surface area (Å²) in [6.45, 7) is 0. The third kappa shape index (κ3) is 4.40. The van der Waals surface area contributed by atoms with E-state index in [0.717, 1.165) is 5.75 Å². The molecule has 2 rings (SSSR count). The average Bonchev–Trinajstić information content (AvgIpc) is 2.75. The highest BCUT2D eigenvalue weighted by atomic mass is 32.2. The first-order valence-electron chi connectivity index (χ1n) is 4.97. The van der Waals surface area contributed by atoms with Crippen LogP contribution < -0.4 is 0 Å². The second-order valence-corrected chi connectivity index (χ2v) is 4.19. The largest absolute Gasteiger partial charge is 0.481 e. The molecule has 1 aromatic heterocycles. The number of nitrogens with one attached hydrogen (secondary N) is 1. The van der Waals surface area contributed by atoms with Crippen molar-refractivity contribution >= 4 is 28.6 Å². The van der Waals surface area contributed by atoms with Crippen LogP contribution in [0, 0.1) is 0 Å². The Morgan fingerprint density at radius 2 is 2.12 bits per heavy atom. The van der Waals surface area contributed by atoms with Crippen molar-refractivity contribution in [1.82, 2.24) is 4.98 Å². The number of aromatic nitrogens is 1. The molecule has 0 atom stereocenters. The van der Waals surface area contributed by atoms with Crippen LogP contribution in [-0.2, 0) is 4.79 Å². The highest BCUT2D eigenvalue weighted by Gasteiger charge is 1.91. The van der Waals surface area contributed by atoms with Gasteiger partial charge in [0.25, 0.3) is 0 Å². The lowest BCUT2D eigenvalue weighted by Gasteiger charge is -1.85. The summed E-state index contributed by atoms with van der Waals surface area (Å²) in [5.41, 5.74) is 1.21. The van der Waals surface area contributed by atoms with E-state index in [-0.39, 0.29) is 6.42 Å². The number of aromatic amines is 1. The molecular weight excluding hydrogens is 222 g/mol. The van der Waals surface area contributed by atoms with Gasteiger partial charge < -0.3 is 10.1 Å². The van der Waals surface area contributed by atoms with Gasteiger partial charge in [-0.2, -0.15) is 11.8 Å². The fourth-order valence-electron chi connectivity index (χ4n) is 1.18. The molecule has 0 aliphatic rings. The summed E-state index contributed by atoms with van der Waals surface area (Å²) in [6.07, 6.45) is 4.12. The third-order valence-corrected chi connectivity index (χ3v) is 2.59. The number of carbonyl (C=O) groups is 1. The van der Waals surface area contributed by atoms with Crippen LogP contribution in [-0.4, -0.2) is 28.1 Å². The molecule has 0 amide bonds. The maximum absolute atomic E-state index is 9.74. The number of thioether (sulfide) groups is 1. The Bertz CT molecular complexity index is 409. The molecule has 86 valence electrons. The van der Waals surface area contributed by atoms with Gasteiger partial charge in [0.15, 0.2) is 0 Å². The van der Waals surface area contributed by atoms with E-state index in [9.17, 15) is 4.79 Å². The second kappa shape index (κ2) is 6.95. The minimum Gasteiger partial charge on any atom is -0.481 e. The standard InChI is InChI=1S/C8H7N.C4H8O2S/c1-2-4-8-7(3-1)5-6-9-8;1-7-3-2-4(5)6/h1-6,9H;2-3H2,1H3,(H,5,6). The number of aliphatic carboxylic acids is 1. The van der Waals surface area contributed by atoms with E-state index in [1.54, 1.807) is 11.8 Å². The first-order chi connectivity index (χ1) is 7.74. The third-order valence-electron chi connectivity index (χ3n) is 1.98. The highest BCUT2D eigenvalue weighted by Crippen LogP contribution is 2.09. The first kappa shape index (κ1) is 12.6. The Morgan fingerprint density at radius 3 is 2.69 bits per heavy atom.